The molecule has 1 atom stereocenters. The van der Waals surface area contributed by atoms with E-state index in [1.165, 1.54) is 0 Å². The fourth-order valence-corrected chi connectivity index (χ4v) is 1.03. The van der Waals surface area contributed by atoms with Crippen LogP contribution in [0.3, 0.4) is 0 Å². The molecule has 0 saturated carbocycles. The van der Waals surface area contributed by atoms with Crippen molar-refractivity contribution in [3.05, 3.63) is 23.9 Å². The Balaban J connectivity index is 2.76. The fourth-order valence-electron chi connectivity index (χ4n) is 1.03. The molecule has 0 fully saturated rings. The first-order valence-corrected chi connectivity index (χ1v) is 3.36. The Bertz CT molecular complexity index is 184. The minimum Gasteiger partial charge on any atom is -0.399 e. The maximum Gasteiger partial charge on any atom is 0.0887 e. The lowest BCUT2D eigenvalue weighted by atomic mass is 9.96. The second kappa shape index (κ2) is 2.46. The second-order valence-electron chi connectivity index (χ2n) is 2.77. The zero-order chi connectivity index (χ0) is 7.61. The van der Waals surface area contributed by atoms with Crippen LogP contribution in [0.4, 0.5) is 0 Å². The van der Waals surface area contributed by atoms with Crippen LogP contribution in [-0.2, 0) is 4.74 Å². The Hall–Kier alpha value is -0.760. The molecule has 1 aliphatic carbocycles. The number of hydrogen-bond acceptors (Lipinski definition) is 2. The van der Waals surface area contributed by atoms with E-state index in [0.29, 0.717) is 0 Å². The summed E-state index contributed by atoms with van der Waals surface area (Å²) in [4.78, 5) is 0. The summed E-state index contributed by atoms with van der Waals surface area (Å²) in [5.41, 5.74) is 6.19. The Labute approximate surface area is 61.4 Å². The lowest BCUT2D eigenvalue weighted by Crippen LogP contribution is -2.26. The summed E-state index contributed by atoms with van der Waals surface area (Å²) in [7, 11) is 1.70. The first-order valence-electron chi connectivity index (χ1n) is 3.36. The molecule has 1 aliphatic rings. The highest BCUT2D eigenvalue weighted by molar-refractivity contribution is 5.25. The normalized spacial score (nSPS) is 32.0. The number of rotatable bonds is 1. The second-order valence-corrected chi connectivity index (χ2v) is 2.77. The molecule has 0 aromatic heterocycles. The quantitative estimate of drug-likeness (QED) is 0.592. The molecule has 2 nitrogen and oxygen atoms in total. The van der Waals surface area contributed by atoms with Crippen molar-refractivity contribution in [2.45, 2.75) is 18.9 Å². The van der Waals surface area contributed by atoms with Gasteiger partial charge in [0.1, 0.15) is 0 Å². The van der Waals surface area contributed by atoms with E-state index in [1.807, 2.05) is 25.2 Å². The highest BCUT2D eigenvalue weighted by Crippen LogP contribution is 2.21. The molecule has 0 saturated heterocycles. The van der Waals surface area contributed by atoms with Gasteiger partial charge in [-0.3, -0.25) is 0 Å². The maximum atomic E-state index is 5.58. The number of nitrogens with two attached hydrogens (primary N) is 1. The van der Waals surface area contributed by atoms with E-state index in [4.69, 9.17) is 10.5 Å². The summed E-state index contributed by atoms with van der Waals surface area (Å²) in [5.74, 6) is 0. The molecule has 0 spiro atoms. The molecule has 56 valence electrons. The third kappa shape index (κ3) is 1.39. The Morgan fingerprint density at radius 1 is 1.70 bits per heavy atom. The van der Waals surface area contributed by atoms with Crippen LogP contribution in [0.2, 0.25) is 0 Å². The summed E-state index contributed by atoms with van der Waals surface area (Å²) in [6.45, 7) is 2.02. The van der Waals surface area contributed by atoms with Crippen molar-refractivity contribution < 1.29 is 4.74 Å². The van der Waals surface area contributed by atoms with E-state index in [9.17, 15) is 0 Å². The summed E-state index contributed by atoms with van der Waals surface area (Å²) < 4.78 is 5.24. The number of methoxy groups -OCH3 is 1. The number of allylic oxidation sites excluding steroid dienone is 1. The van der Waals surface area contributed by atoms with Gasteiger partial charge < -0.3 is 10.5 Å². The van der Waals surface area contributed by atoms with Crippen molar-refractivity contribution >= 4 is 0 Å². The Morgan fingerprint density at radius 3 is 2.80 bits per heavy atom. The Kier molecular flexibility index (Phi) is 1.81. The standard InChI is InChI=1S/C8H13NO/c1-8(10-2)5-3-4-7(9)6-8/h3-4,6H,5,9H2,1-2H3. The van der Waals surface area contributed by atoms with E-state index >= 15 is 0 Å². The van der Waals surface area contributed by atoms with Gasteiger partial charge in [-0.25, -0.2) is 0 Å². The zero-order valence-electron chi connectivity index (χ0n) is 6.42. The first-order chi connectivity index (χ1) is 4.66. The van der Waals surface area contributed by atoms with Gasteiger partial charge in [-0.15, -0.1) is 0 Å². The molecular formula is C8H13NO. The molecule has 2 heteroatoms. The Morgan fingerprint density at radius 2 is 2.40 bits per heavy atom. The minimum absolute atomic E-state index is 0.182. The molecule has 1 rings (SSSR count). The molecule has 0 aliphatic heterocycles. The lowest BCUT2D eigenvalue weighted by Gasteiger charge is -2.25. The maximum absolute atomic E-state index is 5.58. The molecule has 0 radical (unpaired) electrons. The monoisotopic (exact) mass is 139 g/mol. The average molecular weight is 139 g/mol. The van der Waals surface area contributed by atoms with Gasteiger partial charge in [0, 0.05) is 12.8 Å². The van der Waals surface area contributed by atoms with Crippen molar-refractivity contribution in [3.8, 4) is 0 Å². The summed E-state index contributed by atoms with van der Waals surface area (Å²) in [6, 6.07) is 0. The van der Waals surface area contributed by atoms with E-state index in [1.54, 1.807) is 7.11 Å². The highest BCUT2D eigenvalue weighted by Gasteiger charge is 2.20. The lowest BCUT2D eigenvalue weighted by molar-refractivity contribution is 0.0498. The van der Waals surface area contributed by atoms with Crippen LogP contribution in [0.5, 0.6) is 0 Å². The van der Waals surface area contributed by atoms with Gasteiger partial charge in [-0.05, 0) is 25.5 Å². The van der Waals surface area contributed by atoms with Gasteiger partial charge in [-0.1, -0.05) is 6.08 Å². The molecule has 2 N–H and O–H groups in total. The molecule has 0 aromatic carbocycles. The first kappa shape index (κ1) is 7.35. The van der Waals surface area contributed by atoms with Crippen LogP contribution in [0, 0.1) is 0 Å². The largest absolute Gasteiger partial charge is 0.399 e. The average Bonchev–Trinajstić information content (AvgIpc) is 1.88. The fraction of sp³-hybridized carbons (Fsp3) is 0.500. The van der Waals surface area contributed by atoms with Gasteiger partial charge in [-0.2, -0.15) is 0 Å². The summed E-state index contributed by atoms with van der Waals surface area (Å²) in [5, 5.41) is 0. The van der Waals surface area contributed by atoms with Crippen molar-refractivity contribution in [2.24, 2.45) is 5.73 Å². The van der Waals surface area contributed by atoms with Crippen LogP contribution in [0.1, 0.15) is 13.3 Å². The predicted molar refractivity (Wildman–Crippen MR) is 41.4 cm³/mol. The van der Waals surface area contributed by atoms with Crippen molar-refractivity contribution in [3.63, 3.8) is 0 Å². The SMILES string of the molecule is COC1(C)C=C(N)C=CC1. The molecular weight excluding hydrogens is 126 g/mol. The van der Waals surface area contributed by atoms with Crippen LogP contribution in [-0.4, -0.2) is 12.7 Å². The molecule has 0 aromatic rings. The molecule has 1 unspecified atom stereocenters. The van der Waals surface area contributed by atoms with E-state index in [0.717, 1.165) is 12.1 Å². The van der Waals surface area contributed by atoms with Gasteiger partial charge >= 0.3 is 0 Å². The third-order valence-corrected chi connectivity index (χ3v) is 1.77. The van der Waals surface area contributed by atoms with Gasteiger partial charge in [0.05, 0.1) is 5.60 Å². The van der Waals surface area contributed by atoms with Crippen molar-refractivity contribution in [2.75, 3.05) is 7.11 Å². The van der Waals surface area contributed by atoms with Crippen LogP contribution >= 0.6 is 0 Å². The molecule has 0 amide bonds. The molecule has 0 heterocycles. The zero-order valence-corrected chi connectivity index (χ0v) is 6.42. The highest BCUT2D eigenvalue weighted by atomic mass is 16.5. The molecule has 10 heavy (non-hydrogen) atoms. The van der Waals surface area contributed by atoms with Gasteiger partial charge in [0.15, 0.2) is 0 Å². The topological polar surface area (TPSA) is 35.2 Å². The van der Waals surface area contributed by atoms with Crippen molar-refractivity contribution in [1.29, 1.82) is 0 Å². The van der Waals surface area contributed by atoms with Gasteiger partial charge in [0.25, 0.3) is 0 Å². The third-order valence-electron chi connectivity index (χ3n) is 1.77. The molecule has 0 bridgehead atoms. The van der Waals surface area contributed by atoms with E-state index in [-0.39, 0.29) is 5.60 Å². The minimum atomic E-state index is -0.182. The van der Waals surface area contributed by atoms with Crippen LogP contribution < -0.4 is 5.73 Å². The van der Waals surface area contributed by atoms with Gasteiger partial charge in [0.2, 0.25) is 0 Å². The van der Waals surface area contributed by atoms with Crippen molar-refractivity contribution in [1.82, 2.24) is 0 Å². The number of hydrogen-bond donors (Lipinski definition) is 1. The smallest absolute Gasteiger partial charge is 0.0887 e. The van der Waals surface area contributed by atoms with E-state index in [2.05, 4.69) is 0 Å². The van der Waals surface area contributed by atoms with Crippen LogP contribution in [0.15, 0.2) is 23.9 Å². The predicted octanol–water partition coefficient (Wildman–Crippen LogP) is 1.19. The van der Waals surface area contributed by atoms with E-state index < -0.39 is 0 Å². The van der Waals surface area contributed by atoms with Crippen LogP contribution in [0.25, 0.3) is 0 Å². The number of ether oxygens (including phenoxy) is 1. The summed E-state index contributed by atoms with van der Waals surface area (Å²) in [6.07, 6.45) is 6.77. The summed E-state index contributed by atoms with van der Waals surface area (Å²) >= 11 is 0.